The average molecular weight is 231 g/mol. The third-order valence-corrected chi connectivity index (χ3v) is 4.33. The molecular formula is C15H21NO. The fraction of sp³-hybridized carbons (Fsp3) is 0.600. The van der Waals surface area contributed by atoms with E-state index >= 15 is 0 Å². The second kappa shape index (κ2) is 4.11. The Labute approximate surface area is 103 Å². The SMILES string of the molecule is Cc1ccccc1C1(O)CCN(C2CC2)CC1. The van der Waals surface area contributed by atoms with Gasteiger partial charge in [-0.05, 0) is 43.7 Å². The first kappa shape index (κ1) is 11.2. The fourth-order valence-corrected chi connectivity index (χ4v) is 3.06. The minimum absolute atomic E-state index is 0.587. The lowest BCUT2D eigenvalue weighted by atomic mass is 9.82. The van der Waals surface area contributed by atoms with Gasteiger partial charge >= 0.3 is 0 Å². The molecule has 1 saturated carbocycles. The van der Waals surface area contributed by atoms with Gasteiger partial charge in [-0.1, -0.05) is 24.3 Å². The van der Waals surface area contributed by atoms with E-state index in [-0.39, 0.29) is 0 Å². The molecule has 1 aromatic rings. The summed E-state index contributed by atoms with van der Waals surface area (Å²) in [4.78, 5) is 2.55. The lowest BCUT2D eigenvalue weighted by Crippen LogP contribution is -2.43. The Morgan fingerprint density at radius 3 is 2.41 bits per heavy atom. The highest BCUT2D eigenvalue weighted by atomic mass is 16.3. The van der Waals surface area contributed by atoms with Gasteiger partial charge in [0.25, 0.3) is 0 Å². The van der Waals surface area contributed by atoms with Gasteiger partial charge in [-0.2, -0.15) is 0 Å². The van der Waals surface area contributed by atoms with Crippen molar-refractivity contribution in [3.05, 3.63) is 35.4 Å². The Hall–Kier alpha value is -0.860. The third kappa shape index (κ3) is 2.12. The third-order valence-electron chi connectivity index (χ3n) is 4.33. The molecule has 0 bridgehead atoms. The van der Waals surface area contributed by atoms with Crippen LogP contribution in [0.15, 0.2) is 24.3 Å². The van der Waals surface area contributed by atoms with Crippen molar-refractivity contribution in [1.29, 1.82) is 0 Å². The molecule has 2 aliphatic rings. The van der Waals surface area contributed by atoms with Crippen LogP contribution in [0, 0.1) is 6.92 Å². The summed E-state index contributed by atoms with van der Waals surface area (Å²) in [6, 6.07) is 9.09. The van der Waals surface area contributed by atoms with E-state index in [1.165, 1.54) is 18.4 Å². The lowest BCUT2D eigenvalue weighted by Gasteiger charge is -2.39. The molecule has 92 valence electrons. The van der Waals surface area contributed by atoms with Gasteiger partial charge in [0.2, 0.25) is 0 Å². The quantitative estimate of drug-likeness (QED) is 0.845. The zero-order valence-corrected chi connectivity index (χ0v) is 10.5. The summed E-state index contributed by atoms with van der Waals surface area (Å²) in [6.45, 7) is 4.20. The van der Waals surface area contributed by atoms with Crippen LogP contribution in [0.1, 0.15) is 36.8 Å². The molecule has 1 saturated heterocycles. The van der Waals surface area contributed by atoms with Crippen molar-refractivity contribution < 1.29 is 5.11 Å². The predicted molar refractivity (Wildman–Crippen MR) is 68.9 cm³/mol. The molecule has 0 spiro atoms. The molecule has 0 amide bonds. The number of aryl methyl sites for hydroxylation is 1. The summed E-state index contributed by atoms with van der Waals surface area (Å²) < 4.78 is 0. The summed E-state index contributed by atoms with van der Waals surface area (Å²) in [6.07, 6.45) is 4.49. The van der Waals surface area contributed by atoms with Crippen LogP contribution in [0.5, 0.6) is 0 Å². The van der Waals surface area contributed by atoms with Crippen molar-refractivity contribution in [1.82, 2.24) is 4.90 Å². The number of hydrogen-bond donors (Lipinski definition) is 1. The monoisotopic (exact) mass is 231 g/mol. The predicted octanol–water partition coefficient (Wildman–Crippen LogP) is 2.44. The molecule has 3 rings (SSSR count). The van der Waals surface area contributed by atoms with E-state index in [4.69, 9.17) is 0 Å². The van der Waals surface area contributed by atoms with Crippen LogP contribution in [0.3, 0.4) is 0 Å². The molecule has 0 unspecified atom stereocenters. The van der Waals surface area contributed by atoms with Crippen LogP contribution in [0.25, 0.3) is 0 Å². The van der Waals surface area contributed by atoms with Gasteiger partial charge in [-0.3, -0.25) is 0 Å². The number of likely N-dealkylation sites (tertiary alicyclic amines) is 1. The number of piperidine rings is 1. The lowest BCUT2D eigenvalue weighted by molar-refractivity contribution is -0.0281. The minimum Gasteiger partial charge on any atom is -0.385 e. The zero-order chi connectivity index (χ0) is 11.9. The van der Waals surface area contributed by atoms with Crippen LogP contribution in [0.4, 0.5) is 0 Å². The molecular weight excluding hydrogens is 210 g/mol. The maximum absolute atomic E-state index is 10.8. The molecule has 0 atom stereocenters. The van der Waals surface area contributed by atoms with Crippen LogP contribution in [-0.2, 0) is 5.60 Å². The first-order valence-corrected chi connectivity index (χ1v) is 6.72. The molecule has 1 aliphatic carbocycles. The van der Waals surface area contributed by atoms with Crippen LogP contribution >= 0.6 is 0 Å². The number of rotatable bonds is 2. The fourth-order valence-electron chi connectivity index (χ4n) is 3.06. The van der Waals surface area contributed by atoms with Crippen LogP contribution in [-0.4, -0.2) is 29.1 Å². The van der Waals surface area contributed by atoms with Crippen molar-refractivity contribution in [3.63, 3.8) is 0 Å². The van der Waals surface area contributed by atoms with Gasteiger partial charge in [-0.25, -0.2) is 0 Å². The number of benzene rings is 1. The number of nitrogens with zero attached hydrogens (tertiary/aromatic N) is 1. The summed E-state index contributed by atoms with van der Waals surface area (Å²) in [7, 11) is 0. The van der Waals surface area contributed by atoms with Crippen LogP contribution in [0.2, 0.25) is 0 Å². The second-order valence-electron chi connectivity index (χ2n) is 5.61. The highest BCUT2D eigenvalue weighted by Crippen LogP contribution is 2.38. The maximum Gasteiger partial charge on any atom is 0.0923 e. The molecule has 0 radical (unpaired) electrons. The van der Waals surface area contributed by atoms with Gasteiger partial charge in [0.05, 0.1) is 5.60 Å². The standard InChI is InChI=1S/C15H21NO/c1-12-4-2-3-5-14(12)15(17)8-10-16(11-9-15)13-6-7-13/h2-5,13,17H,6-11H2,1H3. The van der Waals surface area contributed by atoms with E-state index in [2.05, 4.69) is 24.0 Å². The van der Waals surface area contributed by atoms with E-state index in [0.717, 1.165) is 37.5 Å². The highest BCUT2D eigenvalue weighted by Gasteiger charge is 2.39. The largest absolute Gasteiger partial charge is 0.385 e. The number of aliphatic hydroxyl groups is 1. The van der Waals surface area contributed by atoms with Gasteiger partial charge in [0.1, 0.15) is 0 Å². The molecule has 2 nitrogen and oxygen atoms in total. The molecule has 1 aromatic carbocycles. The molecule has 1 heterocycles. The molecule has 2 heteroatoms. The van der Waals surface area contributed by atoms with E-state index < -0.39 is 5.60 Å². The van der Waals surface area contributed by atoms with Crippen molar-refractivity contribution >= 4 is 0 Å². The topological polar surface area (TPSA) is 23.5 Å². The van der Waals surface area contributed by atoms with E-state index in [9.17, 15) is 5.11 Å². The smallest absolute Gasteiger partial charge is 0.0923 e. The van der Waals surface area contributed by atoms with Crippen molar-refractivity contribution in [3.8, 4) is 0 Å². The zero-order valence-electron chi connectivity index (χ0n) is 10.5. The summed E-state index contributed by atoms with van der Waals surface area (Å²) in [5, 5.41) is 10.8. The maximum atomic E-state index is 10.8. The Kier molecular flexibility index (Phi) is 2.72. The van der Waals surface area contributed by atoms with Gasteiger partial charge in [0.15, 0.2) is 0 Å². The van der Waals surface area contributed by atoms with Gasteiger partial charge < -0.3 is 10.0 Å². The van der Waals surface area contributed by atoms with Crippen LogP contribution < -0.4 is 0 Å². The first-order chi connectivity index (χ1) is 8.19. The molecule has 1 aliphatic heterocycles. The molecule has 0 aromatic heterocycles. The second-order valence-corrected chi connectivity index (χ2v) is 5.61. The Bertz CT molecular complexity index is 403. The molecule has 1 N–H and O–H groups in total. The highest BCUT2D eigenvalue weighted by molar-refractivity contribution is 5.31. The van der Waals surface area contributed by atoms with E-state index in [0.29, 0.717) is 0 Å². The summed E-state index contributed by atoms with van der Waals surface area (Å²) in [5.41, 5.74) is 1.77. The molecule has 17 heavy (non-hydrogen) atoms. The minimum atomic E-state index is -0.587. The van der Waals surface area contributed by atoms with Gasteiger partial charge in [0, 0.05) is 19.1 Å². The van der Waals surface area contributed by atoms with Crippen molar-refractivity contribution in [2.24, 2.45) is 0 Å². The normalized spacial score (nSPS) is 24.8. The Balaban J connectivity index is 1.76. The Morgan fingerprint density at radius 2 is 1.82 bits per heavy atom. The van der Waals surface area contributed by atoms with E-state index in [1.54, 1.807) is 0 Å². The van der Waals surface area contributed by atoms with Crippen molar-refractivity contribution in [2.75, 3.05) is 13.1 Å². The van der Waals surface area contributed by atoms with Crippen molar-refractivity contribution in [2.45, 2.75) is 44.2 Å². The average Bonchev–Trinajstić information content (AvgIpc) is 3.14. The number of hydrogen-bond acceptors (Lipinski definition) is 2. The van der Waals surface area contributed by atoms with Gasteiger partial charge in [-0.15, -0.1) is 0 Å². The first-order valence-electron chi connectivity index (χ1n) is 6.72. The summed E-state index contributed by atoms with van der Waals surface area (Å²) >= 11 is 0. The summed E-state index contributed by atoms with van der Waals surface area (Å²) in [5.74, 6) is 0. The Morgan fingerprint density at radius 1 is 1.18 bits per heavy atom. The van der Waals surface area contributed by atoms with E-state index in [1.807, 2.05) is 12.1 Å². The molecule has 2 fully saturated rings.